The standard InChI is InChI=1S/C23H33N3O3S/c1-16-6-7-19(30-16)15-24-13-17-12-18(14-24)22(26-20(17)4-2-5-21(26)27)23(28)25-8-3-10-29-11-9-25/h6-7,17-18,20,22H,2-5,8-15H2,1H3/t17-,18+,20-,22+/m0/s1. The zero-order valence-electron chi connectivity index (χ0n) is 17.9. The van der Waals surface area contributed by atoms with Crippen LogP contribution in [0.15, 0.2) is 12.1 Å². The molecule has 4 atom stereocenters. The largest absolute Gasteiger partial charge is 0.380 e. The maximum absolute atomic E-state index is 13.7. The van der Waals surface area contributed by atoms with Gasteiger partial charge in [0.2, 0.25) is 11.8 Å². The SMILES string of the molecule is Cc1ccc(CN2C[C@@H]3C[C@H](C2)[C@H](C(=O)N2CCCOCC2)N2C(=O)CCC[C@@H]32)s1. The minimum Gasteiger partial charge on any atom is -0.380 e. The first kappa shape index (κ1) is 20.5. The zero-order valence-corrected chi connectivity index (χ0v) is 18.7. The number of ether oxygens (including phenoxy) is 1. The Bertz CT molecular complexity index is 788. The number of fused-ring (bicyclic) bond motifs is 4. The summed E-state index contributed by atoms with van der Waals surface area (Å²) < 4.78 is 5.58. The number of nitrogens with zero attached hydrogens (tertiary/aromatic N) is 3. The molecule has 0 aromatic carbocycles. The number of rotatable bonds is 3. The Kier molecular flexibility index (Phi) is 5.86. The van der Waals surface area contributed by atoms with Crippen LogP contribution in [0.2, 0.25) is 0 Å². The van der Waals surface area contributed by atoms with Gasteiger partial charge in [-0.15, -0.1) is 11.3 Å². The van der Waals surface area contributed by atoms with Gasteiger partial charge in [0.25, 0.3) is 0 Å². The summed E-state index contributed by atoms with van der Waals surface area (Å²) in [5, 5.41) is 0. The second-order valence-corrected chi connectivity index (χ2v) is 10.8. The summed E-state index contributed by atoms with van der Waals surface area (Å²) >= 11 is 1.87. The molecule has 4 saturated heterocycles. The molecule has 1 aromatic rings. The quantitative estimate of drug-likeness (QED) is 0.738. The number of carbonyl (C=O) groups is 2. The maximum Gasteiger partial charge on any atom is 0.245 e. The minimum atomic E-state index is -0.287. The predicted octanol–water partition coefficient (Wildman–Crippen LogP) is 2.51. The van der Waals surface area contributed by atoms with Crippen LogP contribution >= 0.6 is 11.3 Å². The van der Waals surface area contributed by atoms with Crippen LogP contribution in [0, 0.1) is 18.8 Å². The van der Waals surface area contributed by atoms with Gasteiger partial charge in [0, 0.05) is 67.5 Å². The molecular formula is C23H33N3O3S. The van der Waals surface area contributed by atoms with Crippen LogP contribution in [-0.2, 0) is 20.9 Å². The molecule has 0 aliphatic carbocycles. The van der Waals surface area contributed by atoms with Crippen LogP contribution in [-0.4, -0.2) is 78.0 Å². The Morgan fingerprint density at radius 1 is 1.17 bits per heavy atom. The van der Waals surface area contributed by atoms with Crippen molar-refractivity contribution in [3.63, 3.8) is 0 Å². The number of likely N-dealkylation sites (tertiary alicyclic amines) is 1. The second-order valence-electron chi connectivity index (χ2n) is 9.46. The first-order valence-electron chi connectivity index (χ1n) is 11.6. The fourth-order valence-corrected chi connectivity index (χ4v) is 7.08. The topological polar surface area (TPSA) is 53.1 Å². The summed E-state index contributed by atoms with van der Waals surface area (Å²) in [6.45, 7) is 7.79. The van der Waals surface area contributed by atoms with Gasteiger partial charge in [-0.25, -0.2) is 0 Å². The van der Waals surface area contributed by atoms with E-state index in [-0.39, 0.29) is 29.8 Å². The van der Waals surface area contributed by atoms with Gasteiger partial charge in [0.05, 0.1) is 6.61 Å². The Balaban J connectivity index is 1.40. The average molecular weight is 432 g/mol. The van der Waals surface area contributed by atoms with E-state index in [1.54, 1.807) is 0 Å². The highest BCUT2D eigenvalue weighted by molar-refractivity contribution is 7.11. The van der Waals surface area contributed by atoms with Gasteiger partial charge >= 0.3 is 0 Å². The predicted molar refractivity (Wildman–Crippen MR) is 116 cm³/mol. The van der Waals surface area contributed by atoms with Crippen molar-refractivity contribution in [3.8, 4) is 0 Å². The molecule has 1 aromatic heterocycles. The van der Waals surface area contributed by atoms with Crippen molar-refractivity contribution in [2.45, 2.75) is 57.7 Å². The normalized spacial score (nSPS) is 32.6. The molecule has 5 heterocycles. The van der Waals surface area contributed by atoms with Crippen LogP contribution in [0.25, 0.3) is 0 Å². The third-order valence-electron chi connectivity index (χ3n) is 7.38. The van der Waals surface area contributed by atoms with E-state index in [1.165, 1.54) is 9.75 Å². The molecule has 6 nitrogen and oxygen atoms in total. The lowest BCUT2D eigenvalue weighted by atomic mass is 9.71. The lowest BCUT2D eigenvalue weighted by molar-refractivity contribution is -0.165. The van der Waals surface area contributed by atoms with Crippen molar-refractivity contribution in [1.82, 2.24) is 14.7 Å². The van der Waals surface area contributed by atoms with Gasteiger partial charge in [0.1, 0.15) is 6.04 Å². The van der Waals surface area contributed by atoms with Crippen LogP contribution in [0.4, 0.5) is 0 Å². The van der Waals surface area contributed by atoms with Gasteiger partial charge in [-0.05, 0) is 50.7 Å². The highest BCUT2D eigenvalue weighted by atomic mass is 32.1. The first-order chi connectivity index (χ1) is 14.6. The molecule has 0 N–H and O–H groups in total. The number of piperidine rings is 3. The summed E-state index contributed by atoms with van der Waals surface area (Å²) in [6, 6.07) is 4.37. The molecule has 30 heavy (non-hydrogen) atoms. The van der Waals surface area contributed by atoms with Gasteiger partial charge in [-0.2, -0.15) is 0 Å². The van der Waals surface area contributed by atoms with Crippen LogP contribution < -0.4 is 0 Å². The van der Waals surface area contributed by atoms with E-state index in [9.17, 15) is 9.59 Å². The van der Waals surface area contributed by atoms with Crippen molar-refractivity contribution in [2.24, 2.45) is 11.8 Å². The van der Waals surface area contributed by atoms with Crippen molar-refractivity contribution in [1.29, 1.82) is 0 Å². The van der Waals surface area contributed by atoms with E-state index in [0.717, 1.165) is 58.5 Å². The molecule has 4 aliphatic rings. The van der Waals surface area contributed by atoms with Gasteiger partial charge < -0.3 is 14.5 Å². The lowest BCUT2D eigenvalue weighted by Crippen LogP contribution is -2.68. The van der Waals surface area contributed by atoms with Gasteiger partial charge in [0.15, 0.2) is 0 Å². The number of hydrogen-bond acceptors (Lipinski definition) is 5. The lowest BCUT2D eigenvalue weighted by Gasteiger charge is -2.56. The van der Waals surface area contributed by atoms with E-state index < -0.39 is 0 Å². The Morgan fingerprint density at radius 2 is 2.03 bits per heavy atom. The number of hydrogen-bond donors (Lipinski definition) is 0. The van der Waals surface area contributed by atoms with Crippen molar-refractivity contribution in [2.75, 3.05) is 39.4 Å². The number of amides is 2. The summed E-state index contributed by atoms with van der Waals surface area (Å²) in [6.07, 6.45) is 4.56. The molecular weight excluding hydrogens is 398 g/mol. The molecule has 0 unspecified atom stereocenters. The smallest absolute Gasteiger partial charge is 0.245 e. The van der Waals surface area contributed by atoms with E-state index >= 15 is 0 Å². The third-order valence-corrected chi connectivity index (χ3v) is 8.36. The molecule has 5 rings (SSSR count). The molecule has 0 spiro atoms. The molecule has 0 saturated carbocycles. The van der Waals surface area contributed by atoms with Gasteiger partial charge in [-0.3, -0.25) is 14.5 Å². The first-order valence-corrected chi connectivity index (χ1v) is 12.4. The van der Waals surface area contributed by atoms with Crippen LogP contribution in [0.1, 0.15) is 41.9 Å². The molecule has 4 fully saturated rings. The zero-order chi connectivity index (χ0) is 20.7. The van der Waals surface area contributed by atoms with E-state index in [4.69, 9.17) is 4.74 Å². The summed E-state index contributed by atoms with van der Waals surface area (Å²) in [5.41, 5.74) is 0. The number of thiophene rings is 1. The van der Waals surface area contributed by atoms with Crippen LogP contribution in [0.3, 0.4) is 0 Å². The van der Waals surface area contributed by atoms with E-state index in [1.807, 2.05) is 21.1 Å². The Morgan fingerprint density at radius 3 is 2.87 bits per heavy atom. The molecule has 7 heteroatoms. The summed E-state index contributed by atoms with van der Waals surface area (Å²) in [5.74, 6) is 1.09. The van der Waals surface area contributed by atoms with Crippen molar-refractivity contribution < 1.29 is 14.3 Å². The van der Waals surface area contributed by atoms with Crippen LogP contribution in [0.5, 0.6) is 0 Å². The average Bonchev–Trinajstić information content (AvgIpc) is 2.97. The Labute approximate surface area is 183 Å². The van der Waals surface area contributed by atoms with Crippen molar-refractivity contribution in [3.05, 3.63) is 21.9 Å². The van der Waals surface area contributed by atoms with Gasteiger partial charge in [-0.1, -0.05) is 0 Å². The fraction of sp³-hybridized carbons (Fsp3) is 0.739. The molecule has 0 radical (unpaired) electrons. The maximum atomic E-state index is 13.7. The second kappa shape index (κ2) is 8.60. The monoisotopic (exact) mass is 431 g/mol. The highest BCUT2D eigenvalue weighted by Crippen LogP contribution is 2.42. The molecule has 2 bridgehead atoms. The molecule has 2 amide bonds. The fourth-order valence-electron chi connectivity index (χ4n) is 6.14. The summed E-state index contributed by atoms with van der Waals surface area (Å²) in [7, 11) is 0. The summed E-state index contributed by atoms with van der Waals surface area (Å²) in [4.78, 5) is 36.1. The third kappa shape index (κ3) is 3.92. The van der Waals surface area contributed by atoms with E-state index in [2.05, 4.69) is 24.0 Å². The van der Waals surface area contributed by atoms with Crippen molar-refractivity contribution >= 4 is 23.2 Å². The number of aryl methyl sites for hydroxylation is 1. The molecule has 164 valence electrons. The number of carbonyl (C=O) groups excluding carboxylic acids is 2. The Hall–Kier alpha value is -1.44. The highest BCUT2D eigenvalue weighted by Gasteiger charge is 2.52. The molecule has 4 aliphatic heterocycles. The minimum absolute atomic E-state index is 0.165. The van der Waals surface area contributed by atoms with E-state index in [0.29, 0.717) is 25.5 Å².